The second-order valence-corrected chi connectivity index (χ2v) is 6.17. The number of rotatable bonds is 7. The summed E-state index contributed by atoms with van der Waals surface area (Å²) in [5.41, 5.74) is 2.88. The standard InChI is InChI=1S/C21H28N4O2.HI/c1-22-20(26)17-10-7-8-16(14-17)12-13-24-21(23-2)25(3)15-18-9-5-6-11-19(18)27-4;/h5-11,14H,12-13,15H2,1-4H3,(H,22,26)(H,23,24);1H. The largest absolute Gasteiger partial charge is 0.496 e. The molecule has 2 aromatic carbocycles. The van der Waals surface area contributed by atoms with Gasteiger partial charge in [-0.25, -0.2) is 0 Å². The van der Waals surface area contributed by atoms with Gasteiger partial charge < -0.3 is 20.3 Å². The molecule has 1 amide bonds. The van der Waals surface area contributed by atoms with Crippen LogP contribution in [0.25, 0.3) is 0 Å². The van der Waals surface area contributed by atoms with Gasteiger partial charge in [-0.15, -0.1) is 24.0 Å². The zero-order valence-corrected chi connectivity index (χ0v) is 19.2. The van der Waals surface area contributed by atoms with Crippen molar-refractivity contribution in [3.63, 3.8) is 0 Å². The van der Waals surface area contributed by atoms with Crippen molar-refractivity contribution < 1.29 is 9.53 Å². The molecule has 2 rings (SSSR count). The van der Waals surface area contributed by atoms with Crippen molar-refractivity contribution in [1.29, 1.82) is 0 Å². The Morgan fingerprint density at radius 1 is 1.18 bits per heavy atom. The van der Waals surface area contributed by atoms with E-state index in [1.165, 1.54) is 0 Å². The van der Waals surface area contributed by atoms with Crippen molar-refractivity contribution in [2.45, 2.75) is 13.0 Å². The molecular weight excluding hydrogens is 467 g/mol. The first-order valence-corrected chi connectivity index (χ1v) is 8.93. The summed E-state index contributed by atoms with van der Waals surface area (Å²) in [7, 11) is 7.08. The number of aliphatic imine (C=N–C) groups is 1. The van der Waals surface area contributed by atoms with Crippen molar-refractivity contribution in [1.82, 2.24) is 15.5 Å². The number of benzene rings is 2. The van der Waals surface area contributed by atoms with Gasteiger partial charge in [0.2, 0.25) is 0 Å². The van der Waals surface area contributed by atoms with Crippen molar-refractivity contribution in [2.75, 3.05) is 34.8 Å². The van der Waals surface area contributed by atoms with Crippen LogP contribution in [0.5, 0.6) is 5.75 Å². The first-order valence-electron chi connectivity index (χ1n) is 8.93. The molecular formula is C21H29IN4O2. The monoisotopic (exact) mass is 496 g/mol. The molecule has 0 saturated heterocycles. The van der Waals surface area contributed by atoms with E-state index in [0.29, 0.717) is 12.1 Å². The number of methoxy groups -OCH3 is 1. The fourth-order valence-electron chi connectivity index (χ4n) is 2.88. The Bertz CT molecular complexity index is 795. The van der Waals surface area contributed by atoms with Crippen LogP contribution in [-0.4, -0.2) is 51.6 Å². The lowest BCUT2D eigenvalue weighted by molar-refractivity contribution is 0.0963. The summed E-state index contributed by atoms with van der Waals surface area (Å²) in [5.74, 6) is 1.60. The van der Waals surface area contributed by atoms with E-state index in [4.69, 9.17) is 4.74 Å². The number of guanidine groups is 1. The average Bonchev–Trinajstić information content (AvgIpc) is 2.71. The number of amides is 1. The lowest BCUT2D eigenvalue weighted by Gasteiger charge is -2.23. The van der Waals surface area contributed by atoms with Crippen LogP contribution in [0.3, 0.4) is 0 Å². The van der Waals surface area contributed by atoms with Gasteiger partial charge in [-0.05, 0) is 30.2 Å². The summed E-state index contributed by atoms with van der Waals surface area (Å²) in [5, 5.41) is 6.02. The summed E-state index contributed by atoms with van der Waals surface area (Å²) >= 11 is 0. The molecule has 0 unspecified atom stereocenters. The Labute approximate surface area is 184 Å². The van der Waals surface area contributed by atoms with E-state index in [2.05, 4.69) is 20.5 Å². The van der Waals surface area contributed by atoms with Crippen LogP contribution in [0.15, 0.2) is 53.5 Å². The summed E-state index contributed by atoms with van der Waals surface area (Å²) in [6, 6.07) is 15.6. The maximum absolute atomic E-state index is 11.7. The second-order valence-electron chi connectivity index (χ2n) is 6.17. The van der Waals surface area contributed by atoms with Gasteiger partial charge in [0.25, 0.3) is 5.91 Å². The van der Waals surface area contributed by atoms with Crippen LogP contribution in [-0.2, 0) is 13.0 Å². The van der Waals surface area contributed by atoms with E-state index in [0.717, 1.165) is 35.8 Å². The Kier molecular flexibility index (Phi) is 10.4. The van der Waals surface area contributed by atoms with Crippen molar-refractivity contribution >= 4 is 35.8 Å². The highest BCUT2D eigenvalue weighted by molar-refractivity contribution is 14.0. The second kappa shape index (κ2) is 12.2. The summed E-state index contributed by atoms with van der Waals surface area (Å²) < 4.78 is 5.42. The van der Waals surface area contributed by atoms with Gasteiger partial charge in [-0.3, -0.25) is 9.79 Å². The van der Waals surface area contributed by atoms with Gasteiger partial charge in [0, 0.05) is 45.4 Å². The number of carbonyl (C=O) groups excluding carboxylic acids is 1. The molecule has 0 saturated carbocycles. The zero-order valence-electron chi connectivity index (χ0n) is 16.9. The number of halogens is 1. The number of carbonyl (C=O) groups is 1. The van der Waals surface area contributed by atoms with Crippen molar-refractivity contribution in [2.24, 2.45) is 4.99 Å². The van der Waals surface area contributed by atoms with Crippen LogP contribution in [0.4, 0.5) is 0 Å². The van der Waals surface area contributed by atoms with E-state index in [9.17, 15) is 4.79 Å². The highest BCUT2D eigenvalue weighted by Crippen LogP contribution is 2.18. The van der Waals surface area contributed by atoms with E-state index >= 15 is 0 Å². The maximum Gasteiger partial charge on any atom is 0.251 e. The van der Waals surface area contributed by atoms with Crippen LogP contribution in [0.1, 0.15) is 21.5 Å². The third-order valence-corrected chi connectivity index (χ3v) is 4.29. The van der Waals surface area contributed by atoms with Gasteiger partial charge in [0.05, 0.1) is 7.11 Å². The number of nitrogens with zero attached hydrogens (tertiary/aromatic N) is 2. The van der Waals surface area contributed by atoms with E-state index in [1.807, 2.05) is 55.6 Å². The van der Waals surface area contributed by atoms with E-state index < -0.39 is 0 Å². The van der Waals surface area contributed by atoms with Crippen LogP contribution in [0, 0.1) is 0 Å². The molecule has 0 aliphatic carbocycles. The predicted molar refractivity (Wildman–Crippen MR) is 125 cm³/mol. The Balaban J connectivity index is 0.00000392. The molecule has 0 aliphatic heterocycles. The Morgan fingerprint density at radius 3 is 2.61 bits per heavy atom. The van der Waals surface area contributed by atoms with Gasteiger partial charge >= 0.3 is 0 Å². The van der Waals surface area contributed by atoms with Gasteiger partial charge in [-0.1, -0.05) is 30.3 Å². The molecule has 0 aliphatic rings. The molecule has 28 heavy (non-hydrogen) atoms. The fraction of sp³-hybridized carbons (Fsp3) is 0.333. The molecule has 0 spiro atoms. The summed E-state index contributed by atoms with van der Waals surface area (Å²) in [4.78, 5) is 18.2. The Hall–Kier alpha value is -2.29. The lowest BCUT2D eigenvalue weighted by atomic mass is 10.1. The minimum Gasteiger partial charge on any atom is -0.496 e. The summed E-state index contributed by atoms with van der Waals surface area (Å²) in [6.07, 6.45) is 0.798. The number of nitrogens with one attached hydrogen (secondary N) is 2. The topological polar surface area (TPSA) is 66.0 Å². The van der Waals surface area contributed by atoms with Gasteiger partial charge in [-0.2, -0.15) is 0 Å². The van der Waals surface area contributed by atoms with E-state index in [-0.39, 0.29) is 29.9 Å². The molecule has 2 N–H and O–H groups in total. The molecule has 0 aromatic heterocycles. The van der Waals surface area contributed by atoms with Crippen LogP contribution < -0.4 is 15.4 Å². The first-order chi connectivity index (χ1) is 13.1. The molecule has 0 bridgehead atoms. The smallest absolute Gasteiger partial charge is 0.251 e. The number of para-hydroxylation sites is 1. The van der Waals surface area contributed by atoms with Crippen LogP contribution in [0.2, 0.25) is 0 Å². The number of hydrogen-bond donors (Lipinski definition) is 2. The van der Waals surface area contributed by atoms with Gasteiger partial charge in [0.1, 0.15) is 5.75 Å². The quantitative estimate of drug-likeness (QED) is 0.352. The summed E-state index contributed by atoms with van der Waals surface area (Å²) in [6.45, 7) is 1.41. The maximum atomic E-state index is 11.7. The van der Waals surface area contributed by atoms with Crippen molar-refractivity contribution in [3.05, 3.63) is 65.2 Å². The average molecular weight is 496 g/mol. The highest BCUT2D eigenvalue weighted by atomic mass is 127. The van der Waals surface area contributed by atoms with Crippen LogP contribution >= 0.6 is 24.0 Å². The SMILES string of the molecule is CN=C(NCCc1cccc(C(=O)NC)c1)N(C)Cc1ccccc1OC.I. The molecule has 2 aromatic rings. The number of hydrogen-bond acceptors (Lipinski definition) is 3. The lowest BCUT2D eigenvalue weighted by Crippen LogP contribution is -2.39. The first kappa shape index (κ1) is 23.7. The molecule has 0 fully saturated rings. The normalized spacial score (nSPS) is 10.6. The third kappa shape index (κ3) is 6.70. The molecule has 7 heteroatoms. The van der Waals surface area contributed by atoms with Crippen molar-refractivity contribution in [3.8, 4) is 5.75 Å². The minimum atomic E-state index is -0.0721. The fourth-order valence-corrected chi connectivity index (χ4v) is 2.88. The molecule has 0 radical (unpaired) electrons. The molecule has 0 atom stereocenters. The molecule has 6 nitrogen and oxygen atoms in total. The third-order valence-electron chi connectivity index (χ3n) is 4.29. The minimum absolute atomic E-state index is 0. The van der Waals surface area contributed by atoms with E-state index in [1.54, 1.807) is 21.2 Å². The highest BCUT2D eigenvalue weighted by Gasteiger charge is 2.10. The zero-order chi connectivity index (χ0) is 19.6. The van der Waals surface area contributed by atoms with Gasteiger partial charge in [0.15, 0.2) is 5.96 Å². The predicted octanol–water partition coefficient (Wildman–Crippen LogP) is 2.92. The number of ether oxygens (including phenoxy) is 1. The molecule has 152 valence electrons. The Morgan fingerprint density at radius 2 is 1.93 bits per heavy atom. The molecule has 0 heterocycles.